The van der Waals surface area contributed by atoms with E-state index in [9.17, 15) is 19.5 Å². The van der Waals surface area contributed by atoms with Gasteiger partial charge >= 0.3 is 0 Å². The van der Waals surface area contributed by atoms with Crippen molar-refractivity contribution in [1.82, 2.24) is 14.7 Å². The Morgan fingerprint density at radius 3 is 2.33 bits per heavy atom. The number of benzene rings is 1. The molecule has 7 atom stereocenters. The predicted octanol–water partition coefficient (Wildman–Crippen LogP) is 4.58. The molecule has 3 heterocycles. The molecule has 1 aromatic carbocycles. The van der Waals surface area contributed by atoms with E-state index >= 15 is 0 Å². The lowest BCUT2D eigenvalue weighted by atomic mass is 9.64. The highest BCUT2D eigenvalue weighted by atomic mass is 16.5. The van der Waals surface area contributed by atoms with Gasteiger partial charge in [0, 0.05) is 25.7 Å². The fourth-order valence-corrected chi connectivity index (χ4v) is 8.03. The molecule has 1 aromatic rings. The Bertz CT molecular complexity index is 1190. The number of fused-ring (bicyclic) bond motifs is 1. The van der Waals surface area contributed by atoms with Gasteiger partial charge in [-0.05, 0) is 44.1 Å². The number of hydrogen-bond acceptors (Lipinski definition) is 5. The first-order valence-corrected chi connectivity index (χ1v) is 16.1. The van der Waals surface area contributed by atoms with E-state index in [2.05, 4.69) is 20.1 Å². The fourth-order valence-electron chi connectivity index (χ4n) is 8.03. The molecule has 3 aliphatic rings. The number of carbonyl (C=O) groups excluding carboxylic acids is 3. The molecule has 3 saturated heterocycles. The van der Waals surface area contributed by atoms with Crippen LogP contribution in [0.5, 0.6) is 0 Å². The van der Waals surface area contributed by atoms with E-state index in [0.717, 1.165) is 18.4 Å². The minimum absolute atomic E-state index is 0.0698. The average Bonchev–Trinajstić information content (AvgIpc) is 3.59. The molecule has 43 heavy (non-hydrogen) atoms. The highest BCUT2D eigenvalue weighted by Crippen LogP contribution is 2.65. The van der Waals surface area contributed by atoms with Gasteiger partial charge in [-0.25, -0.2) is 0 Å². The topological polar surface area (TPSA) is 90.4 Å². The van der Waals surface area contributed by atoms with Crippen LogP contribution in [0, 0.1) is 17.8 Å². The average molecular weight is 594 g/mol. The normalized spacial score (nSPS) is 29.0. The minimum Gasteiger partial charge on any atom is -0.394 e. The first kappa shape index (κ1) is 32.9. The summed E-state index contributed by atoms with van der Waals surface area (Å²) < 4.78 is 7.02. The quantitative estimate of drug-likeness (QED) is 0.301. The molecule has 1 N–H and O–H groups in total. The number of aliphatic hydroxyl groups excluding tert-OH is 1. The van der Waals surface area contributed by atoms with Crippen molar-refractivity contribution in [2.45, 2.75) is 103 Å². The van der Waals surface area contributed by atoms with Crippen LogP contribution in [0.4, 0.5) is 0 Å². The fraction of sp³-hybridized carbons (Fsp3) is 0.629. The first-order valence-electron chi connectivity index (χ1n) is 16.1. The van der Waals surface area contributed by atoms with Gasteiger partial charge in [0.15, 0.2) is 0 Å². The Morgan fingerprint density at radius 1 is 1.09 bits per heavy atom. The molecule has 8 heteroatoms. The zero-order valence-electron chi connectivity index (χ0n) is 26.7. The molecular formula is C35H51N3O5. The Hall–Kier alpha value is -2.97. The summed E-state index contributed by atoms with van der Waals surface area (Å²) in [5, 5.41) is 10.6. The zero-order chi connectivity index (χ0) is 31.5. The highest BCUT2D eigenvalue weighted by molar-refractivity contribution is 5.99. The van der Waals surface area contributed by atoms with Crippen molar-refractivity contribution in [3.63, 3.8) is 0 Å². The summed E-state index contributed by atoms with van der Waals surface area (Å²) in [5.74, 6) is -2.27. The lowest BCUT2D eigenvalue weighted by molar-refractivity contribution is -0.160. The molecule has 3 unspecified atom stereocenters. The first-order chi connectivity index (χ1) is 20.6. The molecule has 0 saturated carbocycles. The number of carbonyl (C=O) groups is 3. The summed E-state index contributed by atoms with van der Waals surface area (Å²) in [6.07, 6.45) is 6.79. The van der Waals surface area contributed by atoms with Crippen molar-refractivity contribution in [2.24, 2.45) is 17.8 Å². The Kier molecular flexibility index (Phi) is 10.2. The Morgan fingerprint density at radius 2 is 1.77 bits per heavy atom. The van der Waals surface area contributed by atoms with Crippen LogP contribution in [0.1, 0.15) is 72.3 Å². The number of rotatable bonds is 15. The second kappa shape index (κ2) is 13.3. The molecule has 8 nitrogen and oxygen atoms in total. The molecule has 3 fully saturated rings. The van der Waals surface area contributed by atoms with Gasteiger partial charge in [0.1, 0.15) is 11.6 Å². The molecule has 0 aliphatic carbocycles. The van der Waals surface area contributed by atoms with E-state index in [-0.39, 0.29) is 36.3 Å². The molecule has 1 spiro atoms. The van der Waals surface area contributed by atoms with Crippen molar-refractivity contribution in [3.8, 4) is 0 Å². The largest absolute Gasteiger partial charge is 0.394 e. The number of hydrogen-bond donors (Lipinski definition) is 1. The number of ether oxygens (including phenoxy) is 1. The molecule has 2 bridgehead atoms. The molecule has 3 amide bonds. The third-order valence-electron chi connectivity index (χ3n) is 10.2. The van der Waals surface area contributed by atoms with E-state index in [1.165, 1.54) is 0 Å². The molecule has 0 radical (unpaired) electrons. The lowest BCUT2D eigenvalue weighted by Crippen LogP contribution is -2.60. The molecule has 0 aromatic heterocycles. The van der Waals surface area contributed by atoms with E-state index < -0.39 is 35.1 Å². The zero-order valence-corrected chi connectivity index (χ0v) is 26.7. The van der Waals surface area contributed by atoms with Crippen molar-refractivity contribution < 1.29 is 24.2 Å². The van der Waals surface area contributed by atoms with Crippen molar-refractivity contribution >= 4 is 17.7 Å². The summed E-state index contributed by atoms with van der Waals surface area (Å²) in [5.41, 5.74) is -1.01. The van der Waals surface area contributed by atoms with E-state index in [1.807, 2.05) is 58.0 Å². The maximum Gasteiger partial charge on any atom is 0.248 e. The van der Waals surface area contributed by atoms with Gasteiger partial charge in [-0.1, -0.05) is 76.6 Å². The smallest absolute Gasteiger partial charge is 0.248 e. The monoisotopic (exact) mass is 593 g/mol. The minimum atomic E-state index is -1.15. The summed E-state index contributed by atoms with van der Waals surface area (Å²) in [4.78, 5) is 49.3. The van der Waals surface area contributed by atoms with Gasteiger partial charge in [0.05, 0.1) is 30.1 Å². The van der Waals surface area contributed by atoms with E-state index in [4.69, 9.17) is 4.74 Å². The van der Waals surface area contributed by atoms with Gasteiger partial charge in [-0.2, -0.15) is 0 Å². The highest BCUT2D eigenvalue weighted by Gasteiger charge is 2.79. The Balaban J connectivity index is 1.84. The lowest BCUT2D eigenvalue weighted by Gasteiger charge is -2.42. The number of aliphatic hydroxyl groups is 1. The van der Waals surface area contributed by atoms with Gasteiger partial charge in [-0.3, -0.25) is 14.4 Å². The van der Waals surface area contributed by atoms with Crippen LogP contribution >= 0.6 is 0 Å². The summed E-state index contributed by atoms with van der Waals surface area (Å²) in [6.45, 7) is 18.6. The van der Waals surface area contributed by atoms with Crippen LogP contribution in [0.2, 0.25) is 0 Å². The number of likely N-dealkylation sites (tertiary alicyclic amines) is 1. The van der Waals surface area contributed by atoms with Crippen molar-refractivity contribution in [2.75, 3.05) is 19.7 Å². The van der Waals surface area contributed by atoms with Crippen LogP contribution in [-0.2, 0) is 25.7 Å². The maximum atomic E-state index is 14.7. The standard InChI is InChI=1S/C35H51N3O5/c1-8-15-25(7)37(21-10-3)33(42)30-35-19-18-34(11-4,43-35)28(29(35)32(41)38(30)27(23-39)24(5)6)31(40)36(20-9-2)22-26-16-13-12-14-17-26/h9-10,12-14,16-17,24-25,27-30,39H,2-3,8,11,15,18-23H2,1,4-7H3/t25?,27-,28+,29-,30?,34-,35?/m0/s1. The van der Waals surface area contributed by atoms with Gasteiger partial charge in [-0.15, -0.1) is 13.2 Å². The van der Waals surface area contributed by atoms with Crippen LogP contribution in [0.15, 0.2) is 55.6 Å². The van der Waals surface area contributed by atoms with Crippen LogP contribution in [0.25, 0.3) is 0 Å². The molecule has 3 aliphatic heterocycles. The second-order valence-corrected chi connectivity index (χ2v) is 13.0. The van der Waals surface area contributed by atoms with E-state index in [1.54, 1.807) is 26.9 Å². The van der Waals surface area contributed by atoms with Gasteiger partial charge < -0.3 is 24.5 Å². The second-order valence-electron chi connectivity index (χ2n) is 13.0. The predicted molar refractivity (Wildman–Crippen MR) is 168 cm³/mol. The summed E-state index contributed by atoms with van der Waals surface area (Å²) >= 11 is 0. The van der Waals surface area contributed by atoms with Crippen molar-refractivity contribution in [1.29, 1.82) is 0 Å². The Labute approximate surface area is 257 Å². The van der Waals surface area contributed by atoms with Crippen LogP contribution < -0.4 is 0 Å². The summed E-state index contributed by atoms with van der Waals surface area (Å²) in [6, 6.07) is 8.20. The van der Waals surface area contributed by atoms with E-state index in [0.29, 0.717) is 38.9 Å². The molecule has 236 valence electrons. The number of amides is 3. The van der Waals surface area contributed by atoms with Crippen LogP contribution in [0.3, 0.4) is 0 Å². The molecule has 4 rings (SSSR count). The third kappa shape index (κ3) is 5.57. The number of nitrogens with zero attached hydrogens (tertiary/aromatic N) is 3. The maximum absolute atomic E-state index is 14.7. The summed E-state index contributed by atoms with van der Waals surface area (Å²) in [7, 11) is 0. The molecular weight excluding hydrogens is 542 g/mol. The third-order valence-corrected chi connectivity index (χ3v) is 10.2. The SMILES string of the molecule is C=CCN(Cc1ccccc1)C(=O)[C@H]1[C@H]2C(=O)N([C@@H](CO)C(C)C)C(C(=O)N(CC=C)C(C)CCC)C23CC[C@]1(CC)O3. The van der Waals surface area contributed by atoms with Crippen molar-refractivity contribution in [3.05, 3.63) is 61.2 Å². The van der Waals surface area contributed by atoms with Gasteiger partial charge in [0.2, 0.25) is 17.7 Å². The van der Waals surface area contributed by atoms with Gasteiger partial charge in [0.25, 0.3) is 0 Å². The van der Waals surface area contributed by atoms with Crippen LogP contribution in [-0.4, -0.2) is 86.6 Å².